The quantitative estimate of drug-likeness (QED) is 0.901. The fourth-order valence-electron chi connectivity index (χ4n) is 3.00. The number of piperidine rings is 1. The summed E-state index contributed by atoms with van der Waals surface area (Å²) in [7, 11) is 1.73. The first kappa shape index (κ1) is 17.2. The Morgan fingerprint density at radius 3 is 2.56 bits per heavy atom. The topological polar surface area (TPSA) is 61.4 Å². The van der Waals surface area contributed by atoms with Crippen molar-refractivity contribution in [3.63, 3.8) is 0 Å². The summed E-state index contributed by atoms with van der Waals surface area (Å²) in [5.41, 5.74) is 1.83. The summed E-state index contributed by atoms with van der Waals surface area (Å²) in [6, 6.07) is 16.5. The van der Waals surface area contributed by atoms with Gasteiger partial charge in [0.1, 0.15) is 0 Å². The van der Waals surface area contributed by atoms with E-state index in [0.717, 1.165) is 31.6 Å². The van der Waals surface area contributed by atoms with Gasteiger partial charge in [-0.2, -0.15) is 0 Å². The summed E-state index contributed by atoms with van der Waals surface area (Å²) in [5, 5.41) is 6.31. The maximum Gasteiger partial charge on any atom is 0.258 e. The smallest absolute Gasteiger partial charge is 0.258 e. The highest BCUT2D eigenvalue weighted by Gasteiger charge is 2.18. The van der Waals surface area contributed by atoms with Crippen molar-refractivity contribution < 1.29 is 9.59 Å². The van der Waals surface area contributed by atoms with Gasteiger partial charge in [-0.05, 0) is 49.7 Å². The monoisotopic (exact) mass is 337 g/mol. The molecule has 130 valence electrons. The SMILES string of the molecule is CN(C(=O)c1cccc(C(=O)N[C@H]2CCCNC2)c1)c1ccccc1. The van der Waals surface area contributed by atoms with Gasteiger partial charge in [-0.3, -0.25) is 9.59 Å². The summed E-state index contributed by atoms with van der Waals surface area (Å²) in [6.45, 7) is 1.79. The van der Waals surface area contributed by atoms with Gasteiger partial charge in [-0.15, -0.1) is 0 Å². The number of carbonyl (C=O) groups is 2. The van der Waals surface area contributed by atoms with Crippen LogP contribution in [0.3, 0.4) is 0 Å². The Balaban J connectivity index is 1.72. The van der Waals surface area contributed by atoms with Crippen molar-refractivity contribution >= 4 is 17.5 Å². The predicted octanol–water partition coefficient (Wildman–Crippen LogP) is 2.45. The molecule has 2 aromatic rings. The molecule has 2 amide bonds. The van der Waals surface area contributed by atoms with E-state index in [0.29, 0.717) is 11.1 Å². The molecule has 0 aliphatic carbocycles. The third-order valence-corrected chi connectivity index (χ3v) is 4.45. The zero-order valence-corrected chi connectivity index (χ0v) is 14.4. The van der Waals surface area contributed by atoms with E-state index < -0.39 is 0 Å². The van der Waals surface area contributed by atoms with Crippen LogP contribution >= 0.6 is 0 Å². The number of rotatable bonds is 4. The van der Waals surface area contributed by atoms with E-state index in [1.54, 1.807) is 36.2 Å². The van der Waals surface area contributed by atoms with Crippen LogP contribution in [0, 0.1) is 0 Å². The maximum absolute atomic E-state index is 12.7. The van der Waals surface area contributed by atoms with Crippen LogP contribution in [0.1, 0.15) is 33.6 Å². The minimum atomic E-state index is -0.139. The number of nitrogens with one attached hydrogen (secondary N) is 2. The lowest BCUT2D eigenvalue weighted by Crippen LogP contribution is -2.45. The molecule has 25 heavy (non-hydrogen) atoms. The second kappa shape index (κ2) is 7.94. The lowest BCUT2D eigenvalue weighted by atomic mass is 10.1. The Bertz CT molecular complexity index is 740. The molecule has 0 saturated carbocycles. The van der Waals surface area contributed by atoms with Gasteiger partial charge in [0.15, 0.2) is 0 Å². The summed E-state index contributed by atoms with van der Waals surface area (Å²) >= 11 is 0. The summed E-state index contributed by atoms with van der Waals surface area (Å²) < 4.78 is 0. The zero-order chi connectivity index (χ0) is 17.6. The van der Waals surface area contributed by atoms with E-state index in [4.69, 9.17) is 0 Å². The summed E-state index contributed by atoms with van der Waals surface area (Å²) in [5.74, 6) is -0.272. The van der Waals surface area contributed by atoms with Gasteiger partial charge in [0.2, 0.25) is 0 Å². The van der Waals surface area contributed by atoms with Crippen molar-refractivity contribution in [1.82, 2.24) is 10.6 Å². The van der Waals surface area contributed by atoms with E-state index >= 15 is 0 Å². The Hall–Kier alpha value is -2.66. The Labute approximate surface area is 148 Å². The average Bonchev–Trinajstić information content (AvgIpc) is 2.68. The minimum absolute atomic E-state index is 0.134. The van der Waals surface area contributed by atoms with Crippen LogP contribution in [-0.2, 0) is 0 Å². The van der Waals surface area contributed by atoms with Crippen molar-refractivity contribution in [1.29, 1.82) is 0 Å². The number of para-hydroxylation sites is 1. The average molecular weight is 337 g/mol. The van der Waals surface area contributed by atoms with Gasteiger partial charge in [-0.25, -0.2) is 0 Å². The molecule has 0 unspecified atom stereocenters. The van der Waals surface area contributed by atoms with Crippen LogP contribution in [0.4, 0.5) is 5.69 Å². The van der Waals surface area contributed by atoms with Gasteiger partial charge in [-0.1, -0.05) is 24.3 Å². The van der Waals surface area contributed by atoms with Crippen LogP contribution in [0.15, 0.2) is 54.6 Å². The van der Waals surface area contributed by atoms with Crippen molar-refractivity contribution in [2.24, 2.45) is 0 Å². The van der Waals surface area contributed by atoms with E-state index in [1.807, 2.05) is 30.3 Å². The molecule has 1 fully saturated rings. The molecule has 0 spiro atoms. The number of hydrogen-bond acceptors (Lipinski definition) is 3. The molecule has 0 radical (unpaired) electrons. The van der Waals surface area contributed by atoms with Gasteiger partial charge in [0.25, 0.3) is 11.8 Å². The fraction of sp³-hybridized carbons (Fsp3) is 0.300. The molecule has 1 aliphatic rings. The van der Waals surface area contributed by atoms with Crippen LogP contribution < -0.4 is 15.5 Å². The molecule has 1 saturated heterocycles. The van der Waals surface area contributed by atoms with Crippen molar-refractivity contribution in [3.05, 3.63) is 65.7 Å². The van der Waals surface area contributed by atoms with Crippen LogP contribution in [0.5, 0.6) is 0 Å². The maximum atomic E-state index is 12.7. The minimum Gasteiger partial charge on any atom is -0.348 e. The number of benzene rings is 2. The highest BCUT2D eigenvalue weighted by atomic mass is 16.2. The molecule has 3 rings (SSSR count). The highest BCUT2D eigenvalue weighted by molar-refractivity contribution is 6.07. The van der Waals surface area contributed by atoms with Gasteiger partial charge >= 0.3 is 0 Å². The standard InChI is InChI=1S/C20H23N3O2/c1-23(18-10-3-2-4-11-18)20(25)16-8-5-7-15(13-16)19(24)22-17-9-6-12-21-14-17/h2-5,7-8,10-11,13,17,21H,6,9,12,14H2,1H3,(H,22,24)/t17-/m0/s1. The van der Waals surface area contributed by atoms with Gasteiger partial charge < -0.3 is 15.5 Å². The largest absolute Gasteiger partial charge is 0.348 e. The fourth-order valence-corrected chi connectivity index (χ4v) is 3.00. The molecule has 1 aliphatic heterocycles. The Morgan fingerprint density at radius 2 is 1.84 bits per heavy atom. The number of anilines is 1. The van der Waals surface area contributed by atoms with E-state index in [9.17, 15) is 9.59 Å². The summed E-state index contributed by atoms with van der Waals surface area (Å²) in [4.78, 5) is 26.7. The third kappa shape index (κ3) is 4.25. The number of hydrogen-bond donors (Lipinski definition) is 2. The lowest BCUT2D eigenvalue weighted by molar-refractivity contribution is 0.0930. The van der Waals surface area contributed by atoms with Crippen molar-refractivity contribution in [2.45, 2.75) is 18.9 Å². The number of nitrogens with zero attached hydrogens (tertiary/aromatic N) is 1. The molecule has 1 atom stereocenters. The first-order valence-corrected chi connectivity index (χ1v) is 8.60. The normalized spacial score (nSPS) is 16.9. The first-order valence-electron chi connectivity index (χ1n) is 8.60. The van der Waals surface area contributed by atoms with Crippen LogP contribution in [-0.4, -0.2) is 38.0 Å². The molecular formula is C20H23N3O2. The van der Waals surface area contributed by atoms with Crippen molar-refractivity contribution in [3.8, 4) is 0 Å². The van der Waals surface area contributed by atoms with Gasteiger partial charge in [0, 0.05) is 36.4 Å². The van der Waals surface area contributed by atoms with Crippen LogP contribution in [0.2, 0.25) is 0 Å². The van der Waals surface area contributed by atoms with E-state index in [-0.39, 0.29) is 17.9 Å². The lowest BCUT2D eigenvalue weighted by Gasteiger charge is -2.24. The van der Waals surface area contributed by atoms with E-state index in [2.05, 4.69) is 10.6 Å². The molecule has 5 heteroatoms. The predicted molar refractivity (Wildman–Crippen MR) is 99.0 cm³/mol. The summed E-state index contributed by atoms with van der Waals surface area (Å²) in [6.07, 6.45) is 2.04. The third-order valence-electron chi connectivity index (χ3n) is 4.45. The number of amides is 2. The second-order valence-corrected chi connectivity index (χ2v) is 6.30. The highest BCUT2D eigenvalue weighted by Crippen LogP contribution is 2.16. The van der Waals surface area contributed by atoms with Crippen LogP contribution in [0.25, 0.3) is 0 Å². The molecule has 0 bridgehead atoms. The van der Waals surface area contributed by atoms with E-state index in [1.165, 1.54) is 0 Å². The molecular weight excluding hydrogens is 314 g/mol. The first-order chi connectivity index (χ1) is 12.1. The van der Waals surface area contributed by atoms with Gasteiger partial charge in [0.05, 0.1) is 0 Å². The molecule has 5 nitrogen and oxygen atoms in total. The molecule has 2 N–H and O–H groups in total. The molecule has 0 aromatic heterocycles. The zero-order valence-electron chi connectivity index (χ0n) is 14.4. The Kier molecular flexibility index (Phi) is 5.46. The molecule has 1 heterocycles. The van der Waals surface area contributed by atoms with Crippen molar-refractivity contribution in [2.75, 3.05) is 25.0 Å². The Morgan fingerprint density at radius 1 is 1.08 bits per heavy atom. The number of carbonyl (C=O) groups excluding carboxylic acids is 2. The second-order valence-electron chi connectivity index (χ2n) is 6.30. The molecule has 2 aromatic carbocycles.